The molecule has 0 spiro atoms. The van der Waals surface area contributed by atoms with Gasteiger partial charge < -0.3 is 5.73 Å². The van der Waals surface area contributed by atoms with Gasteiger partial charge in [-0.3, -0.25) is 0 Å². The van der Waals surface area contributed by atoms with Gasteiger partial charge in [-0.15, -0.1) is 0 Å². The van der Waals surface area contributed by atoms with Crippen LogP contribution in [-0.4, -0.2) is 45.7 Å². The Morgan fingerprint density at radius 2 is 1.67 bits per heavy atom. The van der Waals surface area contributed by atoms with Crippen LogP contribution in [0.4, 0.5) is 0 Å². The Morgan fingerprint density at radius 1 is 1.14 bits per heavy atom. The van der Waals surface area contributed by atoms with E-state index in [4.69, 9.17) is 5.73 Å². The second kappa shape index (κ2) is 6.14. The molecule has 1 aliphatic carbocycles. The van der Waals surface area contributed by atoms with Gasteiger partial charge in [-0.25, -0.2) is 21.6 Å². The zero-order valence-electron chi connectivity index (χ0n) is 12.5. The van der Waals surface area contributed by atoms with Gasteiger partial charge in [0.2, 0.25) is 10.0 Å². The Balaban J connectivity index is 2.06. The SMILES string of the molecule is CC1CCC(CN)(NS(=O)(=O)C2CCS(=O)(=O)CC2)CC1. The molecule has 0 amide bonds. The van der Waals surface area contributed by atoms with E-state index in [1.165, 1.54) is 0 Å². The van der Waals surface area contributed by atoms with Crippen LogP contribution in [-0.2, 0) is 19.9 Å². The highest BCUT2D eigenvalue weighted by Gasteiger charge is 2.40. The van der Waals surface area contributed by atoms with Crippen LogP contribution in [0.1, 0.15) is 45.4 Å². The molecule has 2 aliphatic rings. The summed E-state index contributed by atoms with van der Waals surface area (Å²) in [6.07, 6.45) is 3.84. The summed E-state index contributed by atoms with van der Waals surface area (Å²) in [4.78, 5) is 0. The van der Waals surface area contributed by atoms with Gasteiger partial charge in [0.15, 0.2) is 0 Å². The lowest BCUT2D eigenvalue weighted by Crippen LogP contribution is -2.57. The molecule has 1 saturated heterocycles. The Hall–Kier alpha value is -0.180. The van der Waals surface area contributed by atoms with Crippen molar-refractivity contribution in [2.24, 2.45) is 11.7 Å². The third-order valence-electron chi connectivity index (χ3n) is 4.92. The van der Waals surface area contributed by atoms with Crippen LogP contribution in [0, 0.1) is 5.92 Å². The van der Waals surface area contributed by atoms with E-state index in [2.05, 4.69) is 11.6 Å². The van der Waals surface area contributed by atoms with E-state index in [0.717, 1.165) is 25.7 Å². The molecule has 0 bridgehead atoms. The Bertz CT molecular complexity index is 549. The lowest BCUT2D eigenvalue weighted by Gasteiger charge is -2.40. The first-order valence-electron chi connectivity index (χ1n) is 7.61. The highest BCUT2D eigenvalue weighted by molar-refractivity contribution is 7.92. The minimum atomic E-state index is -3.52. The van der Waals surface area contributed by atoms with Gasteiger partial charge >= 0.3 is 0 Å². The van der Waals surface area contributed by atoms with Crippen LogP contribution in [0.25, 0.3) is 0 Å². The molecule has 2 fully saturated rings. The molecule has 0 aromatic rings. The monoisotopic (exact) mass is 338 g/mol. The first kappa shape index (κ1) is 17.2. The standard InChI is InChI=1S/C13H26N2O4S2/c1-11-2-6-13(10-14,7-3-11)15-21(18,19)12-4-8-20(16,17)9-5-12/h11-12,15H,2-10,14H2,1H3. The van der Waals surface area contributed by atoms with Crippen molar-refractivity contribution in [3.63, 3.8) is 0 Å². The van der Waals surface area contributed by atoms with Crippen molar-refractivity contribution in [3.8, 4) is 0 Å². The maximum Gasteiger partial charge on any atom is 0.215 e. The smallest absolute Gasteiger partial charge is 0.215 e. The zero-order chi connectivity index (χ0) is 15.7. The van der Waals surface area contributed by atoms with Gasteiger partial charge in [-0.2, -0.15) is 0 Å². The van der Waals surface area contributed by atoms with Crippen molar-refractivity contribution in [1.82, 2.24) is 4.72 Å². The molecule has 124 valence electrons. The predicted octanol–water partition coefficient (Wildman–Crippen LogP) is 0.391. The fraction of sp³-hybridized carbons (Fsp3) is 1.00. The fourth-order valence-corrected chi connectivity index (χ4v) is 6.93. The Morgan fingerprint density at radius 3 is 2.14 bits per heavy atom. The summed E-state index contributed by atoms with van der Waals surface area (Å²) >= 11 is 0. The average molecular weight is 338 g/mol. The Labute approximate surface area is 127 Å². The van der Waals surface area contributed by atoms with Crippen molar-refractivity contribution < 1.29 is 16.8 Å². The van der Waals surface area contributed by atoms with Crippen LogP contribution in [0.2, 0.25) is 0 Å². The molecule has 1 saturated carbocycles. The molecule has 0 radical (unpaired) electrons. The van der Waals surface area contributed by atoms with E-state index >= 15 is 0 Å². The first-order chi connectivity index (χ1) is 9.68. The van der Waals surface area contributed by atoms with E-state index in [0.29, 0.717) is 12.5 Å². The van der Waals surface area contributed by atoms with Crippen LogP contribution in [0.3, 0.4) is 0 Å². The highest BCUT2D eigenvalue weighted by Crippen LogP contribution is 2.33. The number of hydrogen-bond donors (Lipinski definition) is 2. The van der Waals surface area contributed by atoms with E-state index in [9.17, 15) is 16.8 Å². The largest absolute Gasteiger partial charge is 0.329 e. The molecule has 0 atom stereocenters. The third-order valence-corrected chi connectivity index (χ3v) is 8.70. The summed E-state index contributed by atoms with van der Waals surface area (Å²) < 4.78 is 50.8. The minimum Gasteiger partial charge on any atom is -0.329 e. The molecule has 1 heterocycles. The second-order valence-electron chi connectivity index (χ2n) is 6.67. The van der Waals surface area contributed by atoms with Crippen LogP contribution in [0.5, 0.6) is 0 Å². The molecular weight excluding hydrogens is 312 g/mol. The minimum absolute atomic E-state index is 0.0365. The molecule has 1 aliphatic heterocycles. The fourth-order valence-electron chi connectivity index (χ4n) is 3.23. The van der Waals surface area contributed by atoms with E-state index in [-0.39, 0.29) is 24.3 Å². The van der Waals surface area contributed by atoms with Crippen molar-refractivity contribution >= 4 is 19.9 Å². The molecule has 0 aromatic heterocycles. The van der Waals surface area contributed by atoms with Crippen LogP contribution >= 0.6 is 0 Å². The second-order valence-corrected chi connectivity index (χ2v) is 10.9. The number of hydrogen-bond acceptors (Lipinski definition) is 5. The van der Waals surface area contributed by atoms with Crippen molar-refractivity contribution in [2.75, 3.05) is 18.1 Å². The maximum atomic E-state index is 12.5. The molecule has 6 nitrogen and oxygen atoms in total. The molecule has 8 heteroatoms. The van der Waals surface area contributed by atoms with Crippen molar-refractivity contribution in [1.29, 1.82) is 0 Å². The molecular formula is C13H26N2O4S2. The molecule has 21 heavy (non-hydrogen) atoms. The summed E-state index contributed by atoms with van der Waals surface area (Å²) in [6, 6.07) is 0. The van der Waals surface area contributed by atoms with E-state index in [1.54, 1.807) is 0 Å². The summed E-state index contributed by atoms with van der Waals surface area (Å²) in [6.45, 7) is 2.46. The molecule has 0 unspecified atom stereocenters. The molecule has 2 rings (SSSR count). The number of nitrogens with two attached hydrogens (primary N) is 1. The normalized spacial score (nSPS) is 34.7. The quantitative estimate of drug-likeness (QED) is 0.771. The van der Waals surface area contributed by atoms with Crippen molar-refractivity contribution in [3.05, 3.63) is 0 Å². The van der Waals surface area contributed by atoms with Gasteiger partial charge in [-0.1, -0.05) is 6.92 Å². The topological polar surface area (TPSA) is 106 Å². The summed E-state index contributed by atoms with van der Waals surface area (Å²) in [5.74, 6) is 0.533. The Kier molecular flexibility index (Phi) is 5.02. The zero-order valence-corrected chi connectivity index (χ0v) is 14.2. The number of nitrogens with one attached hydrogen (secondary N) is 1. The number of rotatable bonds is 4. The van der Waals surface area contributed by atoms with Gasteiger partial charge in [0.25, 0.3) is 0 Å². The predicted molar refractivity (Wildman–Crippen MR) is 83.1 cm³/mol. The van der Waals surface area contributed by atoms with Gasteiger partial charge in [-0.05, 0) is 44.4 Å². The lowest BCUT2D eigenvalue weighted by molar-refractivity contribution is 0.230. The van der Waals surface area contributed by atoms with Crippen LogP contribution < -0.4 is 10.5 Å². The van der Waals surface area contributed by atoms with Gasteiger partial charge in [0, 0.05) is 12.1 Å². The van der Waals surface area contributed by atoms with Gasteiger partial charge in [0.1, 0.15) is 9.84 Å². The molecule has 3 N–H and O–H groups in total. The van der Waals surface area contributed by atoms with E-state index in [1.807, 2.05) is 0 Å². The van der Waals surface area contributed by atoms with Gasteiger partial charge in [0.05, 0.1) is 16.8 Å². The van der Waals surface area contributed by atoms with Crippen LogP contribution in [0.15, 0.2) is 0 Å². The summed E-state index contributed by atoms with van der Waals surface area (Å²) in [5, 5.41) is -0.608. The average Bonchev–Trinajstić information content (AvgIpc) is 2.41. The lowest BCUT2D eigenvalue weighted by atomic mass is 9.78. The molecule has 0 aromatic carbocycles. The first-order valence-corrected chi connectivity index (χ1v) is 11.0. The number of sulfonamides is 1. The number of sulfone groups is 1. The third kappa shape index (κ3) is 4.18. The summed E-state index contributed by atoms with van der Waals surface area (Å²) in [5.41, 5.74) is 5.30. The maximum absolute atomic E-state index is 12.5. The summed E-state index contributed by atoms with van der Waals surface area (Å²) in [7, 11) is -6.57. The van der Waals surface area contributed by atoms with E-state index < -0.39 is 30.6 Å². The van der Waals surface area contributed by atoms with Crippen molar-refractivity contribution in [2.45, 2.75) is 56.2 Å². The highest BCUT2D eigenvalue weighted by atomic mass is 32.2.